The molecule has 0 saturated carbocycles. The predicted octanol–water partition coefficient (Wildman–Crippen LogP) is 4.49. The van der Waals surface area contributed by atoms with E-state index in [9.17, 15) is 4.79 Å². The van der Waals surface area contributed by atoms with E-state index in [-0.39, 0.29) is 5.91 Å². The molecule has 6 heteroatoms. The number of ether oxygens (including phenoxy) is 1. The molecule has 128 valence electrons. The second-order valence-corrected chi connectivity index (χ2v) is 6.26. The van der Waals surface area contributed by atoms with Crippen LogP contribution >= 0.6 is 11.3 Å². The Kier molecular flexibility index (Phi) is 6.93. The van der Waals surface area contributed by atoms with Crippen LogP contribution in [0.5, 0.6) is 5.75 Å². The number of anilines is 1. The highest BCUT2D eigenvalue weighted by atomic mass is 32.1. The maximum atomic E-state index is 12.1. The zero-order valence-corrected chi connectivity index (χ0v) is 15.1. The molecule has 0 saturated heterocycles. The molecule has 1 aromatic heterocycles. The third kappa shape index (κ3) is 4.89. The third-order valence-corrected chi connectivity index (χ3v) is 4.64. The maximum absolute atomic E-state index is 12.1. The Labute approximate surface area is 146 Å². The summed E-state index contributed by atoms with van der Waals surface area (Å²) >= 11 is 1.44. The van der Waals surface area contributed by atoms with Crippen molar-refractivity contribution in [3.8, 4) is 5.75 Å². The van der Waals surface area contributed by atoms with Crippen molar-refractivity contribution in [3.63, 3.8) is 0 Å². The highest BCUT2D eigenvalue weighted by Crippen LogP contribution is 2.28. The van der Waals surface area contributed by atoms with Gasteiger partial charge in [-0.05, 0) is 31.9 Å². The van der Waals surface area contributed by atoms with Crippen molar-refractivity contribution in [2.24, 2.45) is 0 Å². The lowest BCUT2D eigenvalue weighted by Gasteiger charge is -2.06. The summed E-state index contributed by atoms with van der Waals surface area (Å²) in [5, 5.41) is 12.5. The van der Waals surface area contributed by atoms with Crippen molar-refractivity contribution in [3.05, 3.63) is 40.9 Å². The number of benzene rings is 1. The number of nitrogens with one attached hydrogen (secondary N) is 1. The average Bonchev–Trinajstić information content (AvgIpc) is 3.04. The van der Waals surface area contributed by atoms with E-state index in [2.05, 4.69) is 29.4 Å². The van der Waals surface area contributed by atoms with Gasteiger partial charge < -0.3 is 4.74 Å². The lowest BCUT2D eigenvalue weighted by atomic mass is 10.1. The number of nitrogens with zero attached hydrogens (tertiary/aromatic N) is 2. The van der Waals surface area contributed by atoms with Crippen LogP contribution in [0.4, 0.5) is 5.13 Å². The molecule has 1 heterocycles. The van der Waals surface area contributed by atoms with Crippen molar-refractivity contribution < 1.29 is 9.53 Å². The van der Waals surface area contributed by atoms with Crippen LogP contribution in [0.1, 0.15) is 50.1 Å². The molecule has 0 aliphatic carbocycles. The minimum absolute atomic E-state index is 0.228. The summed E-state index contributed by atoms with van der Waals surface area (Å²) in [5.74, 6) is 0.936. The van der Waals surface area contributed by atoms with Crippen molar-refractivity contribution in [2.75, 3.05) is 11.9 Å². The molecule has 24 heavy (non-hydrogen) atoms. The quantitative estimate of drug-likeness (QED) is 0.716. The summed E-state index contributed by atoms with van der Waals surface area (Å²) < 4.78 is 5.54. The number of carbonyl (C=O) groups excluding carboxylic acids is 1. The van der Waals surface area contributed by atoms with Crippen LogP contribution in [0.15, 0.2) is 30.3 Å². The van der Waals surface area contributed by atoms with Gasteiger partial charge in [0.15, 0.2) is 0 Å². The summed E-state index contributed by atoms with van der Waals surface area (Å²) in [6, 6.07) is 7.61. The van der Waals surface area contributed by atoms with Gasteiger partial charge in [0.2, 0.25) is 11.0 Å². The minimum atomic E-state index is -0.228. The Morgan fingerprint density at radius 2 is 2.00 bits per heavy atom. The Bertz CT molecular complexity index is 693. The molecule has 0 atom stereocenters. The van der Waals surface area contributed by atoms with Crippen LogP contribution in [-0.4, -0.2) is 22.7 Å². The summed E-state index contributed by atoms with van der Waals surface area (Å²) in [7, 11) is 0. The van der Waals surface area contributed by atoms with Crippen LogP contribution in [-0.2, 0) is 4.79 Å². The van der Waals surface area contributed by atoms with Gasteiger partial charge in [-0.25, -0.2) is 0 Å². The van der Waals surface area contributed by atoms with Gasteiger partial charge in [-0.1, -0.05) is 43.4 Å². The van der Waals surface area contributed by atoms with Crippen LogP contribution in [0, 0.1) is 0 Å². The van der Waals surface area contributed by atoms with E-state index in [0.717, 1.165) is 29.2 Å². The normalized spacial score (nSPS) is 11.2. The Morgan fingerprint density at radius 3 is 2.71 bits per heavy atom. The molecule has 1 amide bonds. The topological polar surface area (TPSA) is 64.1 Å². The first-order chi connectivity index (χ1) is 11.7. The van der Waals surface area contributed by atoms with Crippen molar-refractivity contribution in [1.29, 1.82) is 0 Å². The highest BCUT2D eigenvalue weighted by Gasteiger charge is 2.13. The molecular weight excluding hydrogens is 322 g/mol. The molecule has 0 spiro atoms. The number of carbonyl (C=O) groups is 1. The molecule has 1 N–H and O–H groups in total. The minimum Gasteiger partial charge on any atom is -0.493 e. The molecule has 2 rings (SSSR count). The van der Waals surface area contributed by atoms with Gasteiger partial charge in [-0.3, -0.25) is 10.1 Å². The first-order valence-electron chi connectivity index (χ1n) is 8.22. The Hall–Kier alpha value is -2.21. The van der Waals surface area contributed by atoms with Gasteiger partial charge in [0.05, 0.1) is 6.61 Å². The summed E-state index contributed by atoms with van der Waals surface area (Å²) in [6.45, 7) is 6.78. The SMILES string of the molecule is CCOc1ccccc1/C=C/C(=O)Nc1nnc(C(CC)CC)s1. The standard InChI is InChI=1S/C18H23N3O2S/c1-4-13(5-2)17-20-21-18(24-17)19-16(22)12-11-14-9-7-8-10-15(14)23-6-3/h7-13H,4-6H2,1-3H3,(H,19,21,22)/b12-11+. The van der Waals surface area contributed by atoms with E-state index < -0.39 is 0 Å². The fourth-order valence-corrected chi connectivity index (χ4v) is 3.32. The van der Waals surface area contributed by atoms with E-state index >= 15 is 0 Å². The fourth-order valence-electron chi connectivity index (χ4n) is 2.31. The zero-order chi connectivity index (χ0) is 17.4. The fraction of sp³-hybridized carbons (Fsp3) is 0.389. The number of hydrogen-bond donors (Lipinski definition) is 1. The summed E-state index contributed by atoms with van der Waals surface area (Å²) in [4.78, 5) is 12.1. The van der Waals surface area contributed by atoms with Crippen LogP contribution in [0.3, 0.4) is 0 Å². The lowest BCUT2D eigenvalue weighted by molar-refractivity contribution is -0.111. The van der Waals surface area contributed by atoms with Gasteiger partial charge in [-0.15, -0.1) is 10.2 Å². The lowest BCUT2D eigenvalue weighted by Crippen LogP contribution is -2.07. The van der Waals surface area contributed by atoms with E-state index in [1.54, 1.807) is 6.08 Å². The largest absolute Gasteiger partial charge is 0.493 e. The predicted molar refractivity (Wildman–Crippen MR) is 98.5 cm³/mol. The molecule has 0 radical (unpaired) electrons. The molecule has 0 unspecified atom stereocenters. The summed E-state index contributed by atoms with van der Waals surface area (Å²) in [6.07, 6.45) is 5.26. The highest BCUT2D eigenvalue weighted by molar-refractivity contribution is 7.15. The maximum Gasteiger partial charge on any atom is 0.250 e. The second-order valence-electron chi connectivity index (χ2n) is 5.25. The number of para-hydroxylation sites is 1. The number of rotatable bonds is 8. The van der Waals surface area contributed by atoms with Crippen LogP contribution in [0.25, 0.3) is 6.08 Å². The van der Waals surface area contributed by atoms with Crippen LogP contribution < -0.4 is 10.1 Å². The molecule has 0 bridgehead atoms. The first-order valence-corrected chi connectivity index (χ1v) is 9.03. The number of aromatic nitrogens is 2. The van der Waals surface area contributed by atoms with Gasteiger partial charge >= 0.3 is 0 Å². The second kappa shape index (κ2) is 9.17. The van der Waals surface area contributed by atoms with Crippen molar-refractivity contribution in [1.82, 2.24) is 10.2 Å². The molecule has 5 nitrogen and oxygen atoms in total. The van der Waals surface area contributed by atoms with Gasteiger partial charge in [0.25, 0.3) is 0 Å². The van der Waals surface area contributed by atoms with Gasteiger partial charge in [0.1, 0.15) is 10.8 Å². The smallest absolute Gasteiger partial charge is 0.250 e. The number of hydrogen-bond acceptors (Lipinski definition) is 5. The average molecular weight is 345 g/mol. The van der Waals surface area contributed by atoms with E-state index in [1.807, 2.05) is 31.2 Å². The molecule has 0 fully saturated rings. The monoisotopic (exact) mass is 345 g/mol. The first kappa shape index (κ1) is 18.1. The number of amides is 1. The van der Waals surface area contributed by atoms with Crippen LogP contribution in [0.2, 0.25) is 0 Å². The van der Waals surface area contributed by atoms with E-state index in [0.29, 0.717) is 17.7 Å². The molecule has 0 aliphatic heterocycles. The van der Waals surface area contributed by atoms with Gasteiger partial charge in [0, 0.05) is 17.6 Å². The zero-order valence-electron chi connectivity index (χ0n) is 14.3. The third-order valence-electron chi connectivity index (χ3n) is 3.64. The van der Waals surface area contributed by atoms with Crippen molar-refractivity contribution >= 4 is 28.5 Å². The molecule has 2 aromatic rings. The Balaban J connectivity index is 2.01. The molecule has 0 aliphatic rings. The van der Waals surface area contributed by atoms with Gasteiger partial charge in [-0.2, -0.15) is 0 Å². The molecule has 1 aromatic carbocycles. The van der Waals surface area contributed by atoms with Crippen molar-refractivity contribution in [2.45, 2.75) is 39.5 Å². The molecular formula is C18H23N3O2S. The van der Waals surface area contributed by atoms with E-state index in [4.69, 9.17) is 4.74 Å². The summed E-state index contributed by atoms with van der Waals surface area (Å²) in [5.41, 5.74) is 0.865. The van der Waals surface area contributed by atoms with E-state index in [1.165, 1.54) is 17.4 Å². The Morgan fingerprint density at radius 1 is 1.25 bits per heavy atom.